The van der Waals surface area contributed by atoms with Gasteiger partial charge in [0.15, 0.2) is 0 Å². The van der Waals surface area contributed by atoms with Crippen LogP contribution in [0.15, 0.2) is 48.7 Å². The number of pyridine rings is 1. The van der Waals surface area contributed by atoms with Crippen LogP contribution in [0.1, 0.15) is 34.6 Å². The lowest BCUT2D eigenvalue weighted by Gasteiger charge is -2.13. The highest BCUT2D eigenvalue weighted by Gasteiger charge is 2.06. The Bertz CT molecular complexity index is 538. The lowest BCUT2D eigenvalue weighted by atomic mass is 10.1. The summed E-state index contributed by atoms with van der Waals surface area (Å²) in [7, 11) is 0. The Labute approximate surface area is 112 Å². The Morgan fingerprint density at radius 3 is 2.58 bits per heavy atom. The smallest absolute Gasteiger partial charge is 0.335 e. The van der Waals surface area contributed by atoms with Crippen LogP contribution in [0.25, 0.3) is 0 Å². The molecule has 0 unspecified atom stereocenters. The van der Waals surface area contributed by atoms with Crippen molar-refractivity contribution in [1.82, 2.24) is 10.3 Å². The average molecular weight is 256 g/mol. The van der Waals surface area contributed by atoms with Crippen molar-refractivity contribution in [2.24, 2.45) is 0 Å². The van der Waals surface area contributed by atoms with Gasteiger partial charge in [0.1, 0.15) is 0 Å². The first-order chi connectivity index (χ1) is 9.16. The number of nitrogens with zero attached hydrogens (tertiary/aromatic N) is 1. The maximum Gasteiger partial charge on any atom is 0.335 e. The first-order valence-electron chi connectivity index (χ1n) is 6.13. The quantitative estimate of drug-likeness (QED) is 0.863. The van der Waals surface area contributed by atoms with Crippen molar-refractivity contribution in [2.45, 2.75) is 19.5 Å². The minimum Gasteiger partial charge on any atom is -0.478 e. The second-order valence-electron chi connectivity index (χ2n) is 4.36. The zero-order chi connectivity index (χ0) is 13.7. The molecule has 19 heavy (non-hydrogen) atoms. The minimum absolute atomic E-state index is 0.153. The predicted molar refractivity (Wildman–Crippen MR) is 72.9 cm³/mol. The van der Waals surface area contributed by atoms with Gasteiger partial charge in [0.25, 0.3) is 0 Å². The van der Waals surface area contributed by atoms with Crippen molar-refractivity contribution in [2.75, 3.05) is 0 Å². The predicted octanol–water partition coefficient (Wildman–Crippen LogP) is 2.63. The normalized spacial score (nSPS) is 12.1. The summed E-state index contributed by atoms with van der Waals surface area (Å²) < 4.78 is 0. The summed E-state index contributed by atoms with van der Waals surface area (Å²) in [6.07, 6.45) is 1.77. The Kier molecular flexibility index (Phi) is 4.26. The summed E-state index contributed by atoms with van der Waals surface area (Å²) >= 11 is 0. The number of benzene rings is 1. The molecule has 0 amide bonds. The summed E-state index contributed by atoms with van der Waals surface area (Å²) in [5.41, 5.74) is 2.35. The number of carboxylic acids is 1. The number of carbonyl (C=O) groups is 1. The summed E-state index contributed by atoms with van der Waals surface area (Å²) in [6, 6.07) is 12.9. The summed E-state index contributed by atoms with van der Waals surface area (Å²) in [6.45, 7) is 2.73. The SMILES string of the molecule is C[C@@H](NCc1ccc(C(=O)O)cc1)c1ccccn1. The van der Waals surface area contributed by atoms with Crippen molar-refractivity contribution in [3.05, 3.63) is 65.5 Å². The highest BCUT2D eigenvalue weighted by Crippen LogP contribution is 2.10. The van der Waals surface area contributed by atoms with E-state index in [9.17, 15) is 4.79 Å². The van der Waals surface area contributed by atoms with Gasteiger partial charge in [-0.25, -0.2) is 4.79 Å². The molecule has 2 aromatic rings. The maximum atomic E-state index is 10.7. The standard InChI is InChI=1S/C15H16N2O2/c1-11(14-4-2-3-9-16-14)17-10-12-5-7-13(8-6-12)15(18)19/h2-9,11,17H,10H2,1H3,(H,18,19)/t11-/m1/s1. The fourth-order valence-electron chi connectivity index (χ4n) is 1.77. The molecule has 4 nitrogen and oxygen atoms in total. The number of carboxylic acid groups (broad SMARTS) is 1. The second-order valence-corrected chi connectivity index (χ2v) is 4.36. The Morgan fingerprint density at radius 2 is 2.00 bits per heavy atom. The lowest BCUT2D eigenvalue weighted by molar-refractivity contribution is 0.0697. The van der Waals surface area contributed by atoms with Gasteiger partial charge >= 0.3 is 5.97 Å². The molecule has 0 saturated carbocycles. The van der Waals surface area contributed by atoms with Gasteiger partial charge in [-0.05, 0) is 36.8 Å². The van der Waals surface area contributed by atoms with Gasteiger partial charge in [-0.3, -0.25) is 4.98 Å². The van der Waals surface area contributed by atoms with E-state index in [1.54, 1.807) is 18.3 Å². The van der Waals surface area contributed by atoms with Crippen molar-refractivity contribution in [3.63, 3.8) is 0 Å². The van der Waals surface area contributed by atoms with Gasteiger partial charge < -0.3 is 10.4 Å². The molecule has 0 spiro atoms. The molecule has 2 N–H and O–H groups in total. The minimum atomic E-state index is -0.902. The van der Waals surface area contributed by atoms with Crippen LogP contribution in [0.4, 0.5) is 0 Å². The molecule has 1 aromatic heterocycles. The van der Waals surface area contributed by atoms with Gasteiger partial charge in [0.05, 0.1) is 11.3 Å². The first-order valence-corrected chi connectivity index (χ1v) is 6.13. The third-order valence-corrected chi connectivity index (χ3v) is 2.94. The van der Waals surface area contributed by atoms with E-state index in [2.05, 4.69) is 10.3 Å². The number of nitrogens with one attached hydrogen (secondary N) is 1. The van der Waals surface area contributed by atoms with E-state index in [-0.39, 0.29) is 6.04 Å². The molecule has 0 aliphatic rings. The van der Waals surface area contributed by atoms with E-state index in [4.69, 9.17) is 5.11 Å². The summed E-state index contributed by atoms with van der Waals surface area (Å²) in [5, 5.41) is 12.2. The summed E-state index contributed by atoms with van der Waals surface area (Å²) in [5.74, 6) is -0.902. The summed E-state index contributed by atoms with van der Waals surface area (Å²) in [4.78, 5) is 15.0. The van der Waals surface area contributed by atoms with Crippen molar-refractivity contribution in [3.8, 4) is 0 Å². The monoisotopic (exact) mass is 256 g/mol. The number of hydrogen-bond donors (Lipinski definition) is 2. The molecule has 4 heteroatoms. The molecule has 0 fully saturated rings. The molecule has 0 bridgehead atoms. The van der Waals surface area contributed by atoms with Crippen LogP contribution >= 0.6 is 0 Å². The van der Waals surface area contributed by atoms with Crippen molar-refractivity contribution >= 4 is 5.97 Å². The largest absolute Gasteiger partial charge is 0.478 e. The van der Waals surface area contributed by atoms with E-state index in [0.29, 0.717) is 12.1 Å². The van der Waals surface area contributed by atoms with Crippen LogP contribution in [0.5, 0.6) is 0 Å². The van der Waals surface area contributed by atoms with E-state index in [1.807, 2.05) is 37.3 Å². The van der Waals surface area contributed by atoms with Gasteiger partial charge in [-0.15, -0.1) is 0 Å². The zero-order valence-electron chi connectivity index (χ0n) is 10.7. The number of hydrogen-bond acceptors (Lipinski definition) is 3. The first kappa shape index (κ1) is 13.2. The molecule has 2 rings (SSSR count). The average Bonchev–Trinajstić information content (AvgIpc) is 2.46. The molecule has 1 heterocycles. The third-order valence-electron chi connectivity index (χ3n) is 2.94. The fraction of sp³-hybridized carbons (Fsp3) is 0.200. The van der Waals surface area contributed by atoms with Crippen LogP contribution in [-0.2, 0) is 6.54 Å². The van der Waals surface area contributed by atoms with E-state index in [0.717, 1.165) is 11.3 Å². The lowest BCUT2D eigenvalue weighted by Crippen LogP contribution is -2.19. The Balaban J connectivity index is 1.93. The molecule has 1 atom stereocenters. The maximum absolute atomic E-state index is 10.7. The van der Waals surface area contributed by atoms with Gasteiger partial charge in [-0.2, -0.15) is 0 Å². The number of aromatic carboxylic acids is 1. The number of rotatable bonds is 5. The van der Waals surface area contributed by atoms with E-state index < -0.39 is 5.97 Å². The van der Waals surface area contributed by atoms with Crippen LogP contribution in [0.3, 0.4) is 0 Å². The molecular weight excluding hydrogens is 240 g/mol. The van der Waals surface area contributed by atoms with Crippen molar-refractivity contribution < 1.29 is 9.90 Å². The molecule has 0 aliphatic heterocycles. The highest BCUT2D eigenvalue weighted by molar-refractivity contribution is 5.87. The Hall–Kier alpha value is -2.20. The molecule has 0 saturated heterocycles. The van der Waals surface area contributed by atoms with Gasteiger partial charge in [0, 0.05) is 18.8 Å². The highest BCUT2D eigenvalue weighted by atomic mass is 16.4. The van der Waals surface area contributed by atoms with E-state index >= 15 is 0 Å². The van der Waals surface area contributed by atoms with Crippen LogP contribution in [-0.4, -0.2) is 16.1 Å². The van der Waals surface area contributed by atoms with Crippen LogP contribution in [0.2, 0.25) is 0 Å². The Morgan fingerprint density at radius 1 is 1.26 bits per heavy atom. The third kappa shape index (κ3) is 3.63. The van der Waals surface area contributed by atoms with Crippen molar-refractivity contribution in [1.29, 1.82) is 0 Å². The second kappa shape index (κ2) is 6.11. The van der Waals surface area contributed by atoms with Gasteiger partial charge in [0.2, 0.25) is 0 Å². The topological polar surface area (TPSA) is 62.2 Å². The van der Waals surface area contributed by atoms with E-state index in [1.165, 1.54) is 0 Å². The molecular formula is C15H16N2O2. The van der Waals surface area contributed by atoms with Crippen LogP contribution < -0.4 is 5.32 Å². The molecule has 1 aromatic carbocycles. The zero-order valence-corrected chi connectivity index (χ0v) is 10.7. The van der Waals surface area contributed by atoms with Crippen LogP contribution in [0, 0.1) is 0 Å². The molecule has 0 aliphatic carbocycles. The number of aromatic nitrogens is 1. The van der Waals surface area contributed by atoms with Gasteiger partial charge in [-0.1, -0.05) is 18.2 Å². The molecule has 98 valence electrons. The fourth-order valence-corrected chi connectivity index (χ4v) is 1.77. The molecule has 0 radical (unpaired) electrons.